The summed E-state index contributed by atoms with van der Waals surface area (Å²) in [6, 6.07) is 0. The van der Waals surface area contributed by atoms with Crippen LogP contribution in [-0.4, -0.2) is 36.5 Å². The quantitative estimate of drug-likeness (QED) is 0.815. The molecule has 2 rings (SSSR count). The van der Waals surface area contributed by atoms with Crippen molar-refractivity contribution in [1.82, 2.24) is 10.6 Å². The van der Waals surface area contributed by atoms with Gasteiger partial charge in [0.1, 0.15) is 0 Å². The Bertz CT molecular complexity index is 284. The van der Waals surface area contributed by atoms with Crippen molar-refractivity contribution >= 4 is 17.7 Å². The fourth-order valence-electron chi connectivity index (χ4n) is 3.33. The minimum Gasteiger partial charge on any atom is -0.355 e. The van der Waals surface area contributed by atoms with Crippen LogP contribution in [0.15, 0.2) is 0 Å². The summed E-state index contributed by atoms with van der Waals surface area (Å²) in [5, 5.41) is 6.56. The molecule has 1 heterocycles. The molecule has 3 nitrogen and oxygen atoms in total. The molecule has 4 heteroatoms. The van der Waals surface area contributed by atoms with Gasteiger partial charge in [-0.3, -0.25) is 4.79 Å². The topological polar surface area (TPSA) is 41.1 Å². The molecule has 0 atom stereocenters. The Kier molecular flexibility index (Phi) is 6.02. The SMILES string of the molecule is CSC1(CNC(=O)CC2CCNCC2)CCCCC1. The highest BCUT2D eigenvalue weighted by atomic mass is 32.2. The van der Waals surface area contributed by atoms with E-state index < -0.39 is 0 Å². The number of hydrogen-bond acceptors (Lipinski definition) is 3. The predicted octanol–water partition coefficient (Wildman–Crippen LogP) is 2.56. The Morgan fingerprint density at radius 2 is 1.95 bits per heavy atom. The number of carbonyl (C=O) groups excluding carboxylic acids is 1. The van der Waals surface area contributed by atoms with Crippen LogP contribution in [0, 0.1) is 5.92 Å². The van der Waals surface area contributed by atoms with Gasteiger partial charge in [-0.2, -0.15) is 11.8 Å². The molecule has 0 unspecified atom stereocenters. The van der Waals surface area contributed by atoms with Crippen molar-refractivity contribution in [3.8, 4) is 0 Å². The van der Waals surface area contributed by atoms with Gasteiger partial charge in [-0.05, 0) is 50.9 Å². The number of rotatable bonds is 5. The molecule has 0 aromatic rings. The minimum atomic E-state index is 0.269. The van der Waals surface area contributed by atoms with E-state index in [9.17, 15) is 4.79 Å². The number of piperidine rings is 1. The van der Waals surface area contributed by atoms with Gasteiger partial charge in [-0.1, -0.05) is 19.3 Å². The molecular formula is C15H28N2OS. The number of hydrogen-bond donors (Lipinski definition) is 2. The van der Waals surface area contributed by atoms with Gasteiger partial charge in [0.2, 0.25) is 5.91 Å². The van der Waals surface area contributed by atoms with Crippen molar-refractivity contribution in [2.75, 3.05) is 25.9 Å². The summed E-state index contributed by atoms with van der Waals surface area (Å²) in [6.07, 6.45) is 11.8. The summed E-state index contributed by atoms with van der Waals surface area (Å²) in [5.41, 5.74) is 0. The van der Waals surface area contributed by atoms with Crippen molar-refractivity contribution in [2.45, 2.75) is 56.1 Å². The lowest BCUT2D eigenvalue weighted by atomic mass is 9.88. The smallest absolute Gasteiger partial charge is 0.220 e. The maximum atomic E-state index is 12.1. The Balaban J connectivity index is 1.72. The first-order chi connectivity index (χ1) is 9.24. The van der Waals surface area contributed by atoms with Gasteiger partial charge in [0.05, 0.1) is 0 Å². The zero-order valence-corrected chi connectivity index (χ0v) is 13.0. The van der Waals surface area contributed by atoms with Crippen LogP contribution in [-0.2, 0) is 4.79 Å². The van der Waals surface area contributed by atoms with E-state index in [1.165, 1.54) is 32.1 Å². The van der Waals surface area contributed by atoms with Gasteiger partial charge in [0.25, 0.3) is 0 Å². The van der Waals surface area contributed by atoms with Crippen LogP contribution in [0.5, 0.6) is 0 Å². The molecule has 0 aromatic heterocycles. The molecule has 1 aliphatic heterocycles. The summed E-state index contributed by atoms with van der Waals surface area (Å²) < 4.78 is 0.321. The molecule has 0 aromatic carbocycles. The molecule has 2 aliphatic rings. The van der Waals surface area contributed by atoms with Crippen LogP contribution in [0.3, 0.4) is 0 Å². The van der Waals surface area contributed by atoms with Crippen LogP contribution >= 0.6 is 11.8 Å². The molecule has 2 N–H and O–H groups in total. The van der Waals surface area contributed by atoms with E-state index >= 15 is 0 Å². The molecule has 1 saturated heterocycles. The Labute approximate surface area is 121 Å². The highest BCUT2D eigenvalue weighted by molar-refractivity contribution is 8.00. The van der Waals surface area contributed by atoms with Crippen LogP contribution in [0.25, 0.3) is 0 Å². The van der Waals surface area contributed by atoms with Crippen LogP contribution in [0.4, 0.5) is 0 Å². The molecule has 1 aliphatic carbocycles. The average Bonchev–Trinajstić information content (AvgIpc) is 2.47. The predicted molar refractivity (Wildman–Crippen MR) is 82.6 cm³/mol. The third kappa shape index (κ3) is 4.67. The third-order valence-electron chi connectivity index (χ3n) is 4.74. The van der Waals surface area contributed by atoms with Gasteiger partial charge < -0.3 is 10.6 Å². The normalized spacial score (nSPS) is 24.1. The van der Waals surface area contributed by atoms with Crippen LogP contribution in [0.1, 0.15) is 51.4 Å². The summed E-state index contributed by atoms with van der Waals surface area (Å²) in [4.78, 5) is 12.1. The second kappa shape index (κ2) is 7.53. The number of thioether (sulfide) groups is 1. The Morgan fingerprint density at radius 3 is 2.58 bits per heavy atom. The molecule has 0 spiro atoms. The lowest BCUT2D eigenvalue weighted by molar-refractivity contribution is -0.122. The van der Waals surface area contributed by atoms with Gasteiger partial charge in [0, 0.05) is 17.7 Å². The van der Waals surface area contributed by atoms with E-state index in [1.54, 1.807) is 0 Å². The van der Waals surface area contributed by atoms with Crippen molar-refractivity contribution in [2.24, 2.45) is 5.92 Å². The van der Waals surface area contributed by atoms with Crippen molar-refractivity contribution in [3.05, 3.63) is 0 Å². The zero-order chi connectivity index (χ0) is 13.6. The van der Waals surface area contributed by atoms with Gasteiger partial charge in [-0.15, -0.1) is 0 Å². The number of amides is 1. The third-order valence-corrected chi connectivity index (χ3v) is 6.16. The van der Waals surface area contributed by atoms with Gasteiger partial charge in [-0.25, -0.2) is 0 Å². The molecule has 2 fully saturated rings. The van der Waals surface area contributed by atoms with Crippen molar-refractivity contribution in [3.63, 3.8) is 0 Å². The number of nitrogens with one attached hydrogen (secondary N) is 2. The first-order valence-corrected chi connectivity index (χ1v) is 8.99. The monoisotopic (exact) mass is 284 g/mol. The van der Waals surface area contributed by atoms with Gasteiger partial charge >= 0.3 is 0 Å². The lowest BCUT2D eigenvalue weighted by Gasteiger charge is -2.36. The Morgan fingerprint density at radius 1 is 1.26 bits per heavy atom. The molecule has 1 saturated carbocycles. The lowest BCUT2D eigenvalue weighted by Crippen LogP contribution is -2.42. The Hall–Kier alpha value is -0.220. The second-order valence-corrected chi connectivity index (χ2v) is 7.40. The molecular weight excluding hydrogens is 256 g/mol. The molecule has 0 radical (unpaired) electrons. The fourth-order valence-corrected chi connectivity index (χ4v) is 4.24. The van der Waals surface area contributed by atoms with E-state index in [2.05, 4.69) is 16.9 Å². The maximum Gasteiger partial charge on any atom is 0.220 e. The standard InChI is InChI=1S/C15H28N2OS/c1-19-15(7-3-2-4-8-15)12-17-14(18)11-13-5-9-16-10-6-13/h13,16H,2-12H2,1H3,(H,17,18). The van der Waals surface area contributed by atoms with E-state index in [1.807, 2.05) is 11.8 Å². The van der Waals surface area contributed by atoms with Crippen LogP contribution < -0.4 is 10.6 Å². The van der Waals surface area contributed by atoms with E-state index in [0.717, 1.165) is 38.9 Å². The summed E-state index contributed by atoms with van der Waals surface area (Å²) in [5.74, 6) is 0.865. The van der Waals surface area contributed by atoms with E-state index in [4.69, 9.17) is 0 Å². The zero-order valence-electron chi connectivity index (χ0n) is 12.2. The minimum absolute atomic E-state index is 0.269. The summed E-state index contributed by atoms with van der Waals surface area (Å²) >= 11 is 1.96. The van der Waals surface area contributed by atoms with Crippen molar-refractivity contribution in [1.29, 1.82) is 0 Å². The maximum absolute atomic E-state index is 12.1. The first kappa shape index (κ1) is 15.2. The molecule has 1 amide bonds. The van der Waals surface area contributed by atoms with Crippen LogP contribution in [0.2, 0.25) is 0 Å². The average molecular weight is 284 g/mol. The second-order valence-electron chi connectivity index (χ2n) is 6.12. The molecule has 19 heavy (non-hydrogen) atoms. The molecule has 0 bridgehead atoms. The largest absolute Gasteiger partial charge is 0.355 e. The van der Waals surface area contributed by atoms with E-state index in [-0.39, 0.29) is 5.91 Å². The first-order valence-electron chi connectivity index (χ1n) is 7.77. The fraction of sp³-hybridized carbons (Fsp3) is 0.933. The van der Waals surface area contributed by atoms with Crippen molar-refractivity contribution < 1.29 is 4.79 Å². The van der Waals surface area contributed by atoms with Gasteiger partial charge in [0.15, 0.2) is 0 Å². The molecule has 110 valence electrons. The number of carbonyl (C=O) groups is 1. The highest BCUT2D eigenvalue weighted by Gasteiger charge is 2.31. The summed E-state index contributed by atoms with van der Waals surface area (Å²) in [7, 11) is 0. The summed E-state index contributed by atoms with van der Waals surface area (Å²) in [6.45, 7) is 3.03. The highest BCUT2D eigenvalue weighted by Crippen LogP contribution is 2.37. The van der Waals surface area contributed by atoms with E-state index in [0.29, 0.717) is 10.7 Å².